The summed E-state index contributed by atoms with van der Waals surface area (Å²) in [7, 11) is 1.99. The molecule has 2 aliphatic rings. The molecular weight excluding hydrogens is 364 g/mol. The molecule has 3 aromatic rings. The molecule has 0 spiro atoms. The summed E-state index contributed by atoms with van der Waals surface area (Å²) in [5, 5.41) is 8.76. The minimum absolute atomic E-state index is 0.193. The highest BCUT2D eigenvalue weighted by molar-refractivity contribution is 5.24. The largest absolute Gasteiger partial charge is 0.339 e. The molecule has 1 aliphatic carbocycles. The molecule has 4 heterocycles. The zero-order valence-electron chi connectivity index (χ0n) is 17.2. The molecule has 2 unspecified atom stereocenters. The van der Waals surface area contributed by atoms with Crippen LogP contribution in [0, 0.1) is 6.92 Å². The third-order valence-electron chi connectivity index (χ3n) is 6.73. The van der Waals surface area contributed by atoms with Gasteiger partial charge in [-0.2, -0.15) is 10.1 Å². The maximum atomic E-state index is 5.81. The second-order valence-corrected chi connectivity index (χ2v) is 8.54. The van der Waals surface area contributed by atoms with E-state index in [2.05, 4.69) is 33.1 Å². The first-order chi connectivity index (χ1) is 14.2. The van der Waals surface area contributed by atoms with E-state index in [9.17, 15) is 0 Å². The van der Waals surface area contributed by atoms with Crippen LogP contribution in [0.3, 0.4) is 0 Å². The van der Waals surface area contributed by atoms with Crippen molar-refractivity contribution < 1.29 is 4.52 Å². The molecule has 0 N–H and O–H groups in total. The Morgan fingerprint density at radius 3 is 2.69 bits per heavy atom. The van der Waals surface area contributed by atoms with Crippen molar-refractivity contribution in [1.82, 2.24) is 29.8 Å². The molecule has 2 atom stereocenters. The molecule has 0 amide bonds. The van der Waals surface area contributed by atoms with Gasteiger partial charge in [-0.3, -0.25) is 14.6 Å². The lowest BCUT2D eigenvalue weighted by Crippen LogP contribution is -2.20. The van der Waals surface area contributed by atoms with E-state index in [1.165, 1.54) is 42.5 Å². The Morgan fingerprint density at radius 1 is 1.14 bits per heavy atom. The lowest BCUT2D eigenvalue weighted by atomic mass is 9.90. The zero-order valence-corrected chi connectivity index (χ0v) is 17.2. The van der Waals surface area contributed by atoms with E-state index in [0.717, 1.165) is 31.3 Å². The summed E-state index contributed by atoms with van der Waals surface area (Å²) in [6, 6.07) is 4.18. The highest BCUT2D eigenvalue weighted by atomic mass is 16.5. The van der Waals surface area contributed by atoms with Gasteiger partial charge in [0.05, 0.1) is 12.1 Å². The normalized spacial score (nSPS) is 23.2. The average molecular weight is 393 g/mol. The lowest BCUT2D eigenvalue weighted by Gasteiger charge is -2.15. The van der Waals surface area contributed by atoms with Crippen molar-refractivity contribution in [3.05, 3.63) is 59.3 Å². The van der Waals surface area contributed by atoms with Gasteiger partial charge in [-0.05, 0) is 31.4 Å². The average Bonchev–Trinajstić information content (AvgIpc) is 3.53. The van der Waals surface area contributed by atoms with Gasteiger partial charge in [-0.1, -0.05) is 24.1 Å². The molecule has 0 aromatic carbocycles. The fourth-order valence-corrected chi connectivity index (χ4v) is 4.89. The number of likely N-dealkylation sites (tertiary alicyclic amines) is 1. The molecular formula is C22H28N6O. The van der Waals surface area contributed by atoms with Crippen LogP contribution in [0.2, 0.25) is 0 Å². The molecule has 2 fully saturated rings. The van der Waals surface area contributed by atoms with Gasteiger partial charge in [-0.15, -0.1) is 0 Å². The van der Waals surface area contributed by atoms with Crippen LogP contribution < -0.4 is 0 Å². The predicted octanol–water partition coefficient (Wildman–Crippen LogP) is 3.55. The van der Waals surface area contributed by atoms with Gasteiger partial charge in [0.15, 0.2) is 5.82 Å². The van der Waals surface area contributed by atoms with Gasteiger partial charge >= 0.3 is 0 Å². The van der Waals surface area contributed by atoms with E-state index >= 15 is 0 Å². The Labute approximate surface area is 171 Å². The summed E-state index contributed by atoms with van der Waals surface area (Å²) in [5.41, 5.74) is 3.73. The number of aryl methyl sites for hydroxylation is 1. The molecule has 152 valence electrons. The van der Waals surface area contributed by atoms with E-state index in [1.807, 2.05) is 36.4 Å². The monoisotopic (exact) mass is 392 g/mol. The number of rotatable bonds is 5. The third-order valence-corrected chi connectivity index (χ3v) is 6.73. The second-order valence-electron chi connectivity index (χ2n) is 8.54. The van der Waals surface area contributed by atoms with Crippen LogP contribution in [-0.2, 0) is 13.6 Å². The van der Waals surface area contributed by atoms with Gasteiger partial charge in [0.25, 0.3) is 0 Å². The predicted molar refractivity (Wildman–Crippen MR) is 108 cm³/mol. The van der Waals surface area contributed by atoms with Crippen LogP contribution in [0.25, 0.3) is 0 Å². The smallest absolute Gasteiger partial charge is 0.231 e. The van der Waals surface area contributed by atoms with Gasteiger partial charge in [-0.25, -0.2) is 0 Å². The Kier molecular flexibility index (Phi) is 4.91. The summed E-state index contributed by atoms with van der Waals surface area (Å²) in [4.78, 5) is 11.7. The van der Waals surface area contributed by atoms with Crippen molar-refractivity contribution in [3.63, 3.8) is 0 Å². The molecule has 1 saturated carbocycles. The highest BCUT2D eigenvalue weighted by Gasteiger charge is 2.39. The summed E-state index contributed by atoms with van der Waals surface area (Å²) < 4.78 is 7.75. The van der Waals surface area contributed by atoms with Gasteiger partial charge in [0.2, 0.25) is 5.89 Å². The van der Waals surface area contributed by atoms with Crippen LogP contribution in [0.15, 0.2) is 35.2 Å². The van der Waals surface area contributed by atoms with Gasteiger partial charge in [0, 0.05) is 62.2 Å². The topological polar surface area (TPSA) is 72.9 Å². The lowest BCUT2D eigenvalue weighted by molar-refractivity contribution is 0.307. The quantitative estimate of drug-likeness (QED) is 0.661. The number of pyridine rings is 1. The van der Waals surface area contributed by atoms with E-state index in [0.29, 0.717) is 11.8 Å². The molecule has 29 heavy (non-hydrogen) atoms. The van der Waals surface area contributed by atoms with Crippen LogP contribution in [0.1, 0.15) is 72.0 Å². The van der Waals surface area contributed by atoms with Crippen LogP contribution >= 0.6 is 0 Å². The molecule has 5 rings (SSSR count). The minimum Gasteiger partial charge on any atom is -0.339 e. The summed E-state index contributed by atoms with van der Waals surface area (Å²) in [5.74, 6) is 2.66. The Morgan fingerprint density at radius 2 is 1.97 bits per heavy atom. The maximum absolute atomic E-state index is 5.81. The number of hydrogen-bond acceptors (Lipinski definition) is 6. The first-order valence-electron chi connectivity index (χ1n) is 10.6. The molecule has 0 radical (unpaired) electrons. The molecule has 3 aromatic heterocycles. The maximum Gasteiger partial charge on any atom is 0.231 e. The van der Waals surface area contributed by atoms with Crippen molar-refractivity contribution in [2.75, 3.05) is 13.1 Å². The van der Waals surface area contributed by atoms with E-state index in [-0.39, 0.29) is 5.92 Å². The number of nitrogens with zero attached hydrogens (tertiary/aromatic N) is 6. The van der Waals surface area contributed by atoms with Crippen molar-refractivity contribution in [2.45, 2.75) is 56.9 Å². The van der Waals surface area contributed by atoms with Gasteiger partial charge in [0.1, 0.15) is 0 Å². The first-order valence-corrected chi connectivity index (χ1v) is 10.6. The van der Waals surface area contributed by atoms with Crippen LogP contribution in [-0.4, -0.2) is 42.9 Å². The van der Waals surface area contributed by atoms with Crippen molar-refractivity contribution >= 4 is 0 Å². The standard InChI is InChI=1S/C22H28N6O/c1-15-18(11-24-27(15)2)12-28-13-19(17-8-5-9-23-10-17)20(14-28)22-25-21(26-29-22)16-6-3-4-7-16/h5,8-11,16,19-20H,3-4,6-7,12-14H2,1-2H3. The molecule has 7 nitrogen and oxygen atoms in total. The fraction of sp³-hybridized carbons (Fsp3) is 0.545. The fourth-order valence-electron chi connectivity index (χ4n) is 4.89. The van der Waals surface area contributed by atoms with Crippen molar-refractivity contribution in [1.29, 1.82) is 0 Å². The minimum atomic E-state index is 0.193. The Balaban J connectivity index is 1.41. The molecule has 7 heteroatoms. The van der Waals surface area contributed by atoms with Crippen molar-refractivity contribution in [3.8, 4) is 0 Å². The Bertz CT molecular complexity index is 959. The summed E-state index contributed by atoms with van der Waals surface area (Å²) in [6.45, 7) is 4.86. The Hall–Kier alpha value is -2.54. The van der Waals surface area contributed by atoms with E-state index in [4.69, 9.17) is 9.51 Å². The molecule has 1 aliphatic heterocycles. The molecule has 1 saturated heterocycles. The van der Waals surface area contributed by atoms with E-state index < -0.39 is 0 Å². The molecule has 0 bridgehead atoms. The number of aromatic nitrogens is 5. The van der Waals surface area contributed by atoms with Crippen molar-refractivity contribution in [2.24, 2.45) is 7.05 Å². The summed E-state index contributed by atoms with van der Waals surface area (Å²) >= 11 is 0. The highest BCUT2D eigenvalue weighted by Crippen LogP contribution is 2.40. The summed E-state index contributed by atoms with van der Waals surface area (Å²) in [6.07, 6.45) is 10.7. The van der Waals surface area contributed by atoms with E-state index in [1.54, 1.807) is 0 Å². The SMILES string of the molecule is Cc1c(CN2CC(c3cccnc3)C(c3nc(C4CCCC4)no3)C2)cnn1C. The second kappa shape index (κ2) is 7.71. The first kappa shape index (κ1) is 18.5. The van der Waals surface area contributed by atoms with Gasteiger partial charge < -0.3 is 4.52 Å². The third kappa shape index (κ3) is 3.59. The number of hydrogen-bond donors (Lipinski definition) is 0. The van der Waals surface area contributed by atoms with Crippen LogP contribution in [0.4, 0.5) is 0 Å². The van der Waals surface area contributed by atoms with Crippen LogP contribution in [0.5, 0.6) is 0 Å². The zero-order chi connectivity index (χ0) is 19.8.